The summed E-state index contributed by atoms with van der Waals surface area (Å²) in [6.45, 7) is 4.85. The minimum Gasteiger partial charge on any atom is -0.467 e. The fourth-order valence-corrected chi connectivity index (χ4v) is 2.76. The number of furan rings is 1. The summed E-state index contributed by atoms with van der Waals surface area (Å²) < 4.78 is 5.42. The van der Waals surface area contributed by atoms with Crippen LogP contribution in [0.3, 0.4) is 0 Å². The van der Waals surface area contributed by atoms with Gasteiger partial charge in [0.15, 0.2) is 0 Å². The number of carbonyl (C=O) groups excluding carboxylic acids is 1. The lowest BCUT2D eigenvalue weighted by Gasteiger charge is -2.22. The Morgan fingerprint density at radius 2 is 1.83 bits per heavy atom. The molecule has 4 nitrogen and oxygen atoms in total. The summed E-state index contributed by atoms with van der Waals surface area (Å²) in [5, 5.41) is 0. The van der Waals surface area contributed by atoms with E-state index in [1.54, 1.807) is 17.4 Å². The van der Waals surface area contributed by atoms with E-state index < -0.39 is 0 Å². The standard InChI is InChI=1S/C20H20N2O2/c1-15-10-16(2)12-17(11-15)20(23)22(14-19-7-5-9-24-19)13-18-6-3-4-8-21-18/h3-12H,13-14H2,1-2H3. The molecule has 1 amide bonds. The van der Waals surface area contributed by atoms with Gasteiger partial charge in [-0.05, 0) is 50.2 Å². The first-order valence-corrected chi connectivity index (χ1v) is 7.91. The highest BCUT2D eigenvalue weighted by Gasteiger charge is 2.18. The summed E-state index contributed by atoms with van der Waals surface area (Å²) in [4.78, 5) is 19.1. The van der Waals surface area contributed by atoms with Crippen molar-refractivity contribution in [3.05, 3.63) is 89.1 Å². The lowest BCUT2D eigenvalue weighted by molar-refractivity contribution is 0.0715. The molecule has 0 aliphatic carbocycles. The third-order valence-electron chi connectivity index (χ3n) is 3.76. The molecule has 0 aliphatic heterocycles. The van der Waals surface area contributed by atoms with Crippen LogP contribution < -0.4 is 0 Å². The second-order valence-electron chi connectivity index (χ2n) is 5.94. The zero-order chi connectivity index (χ0) is 16.9. The fraction of sp³-hybridized carbons (Fsp3) is 0.200. The Kier molecular flexibility index (Phi) is 4.75. The van der Waals surface area contributed by atoms with E-state index in [1.165, 1.54) is 0 Å². The molecule has 0 spiro atoms. The third kappa shape index (κ3) is 3.90. The molecule has 3 rings (SSSR count). The van der Waals surface area contributed by atoms with Gasteiger partial charge in [-0.25, -0.2) is 0 Å². The number of amides is 1. The second kappa shape index (κ2) is 7.13. The van der Waals surface area contributed by atoms with Crippen LogP contribution in [-0.4, -0.2) is 15.8 Å². The zero-order valence-corrected chi connectivity index (χ0v) is 13.9. The summed E-state index contributed by atoms with van der Waals surface area (Å²) in [6, 6.07) is 15.3. The Labute approximate surface area is 141 Å². The molecule has 2 aromatic heterocycles. The summed E-state index contributed by atoms with van der Waals surface area (Å²) in [5.74, 6) is 0.729. The van der Waals surface area contributed by atoms with Crippen LogP contribution in [0.15, 0.2) is 65.4 Å². The Balaban J connectivity index is 1.89. The van der Waals surface area contributed by atoms with Crippen molar-refractivity contribution < 1.29 is 9.21 Å². The zero-order valence-electron chi connectivity index (χ0n) is 13.9. The Bertz CT molecular complexity index is 791. The predicted molar refractivity (Wildman–Crippen MR) is 92.4 cm³/mol. The third-order valence-corrected chi connectivity index (χ3v) is 3.76. The quantitative estimate of drug-likeness (QED) is 0.710. The summed E-state index contributed by atoms with van der Waals surface area (Å²) in [5.41, 5.74) is 3.69. The first-order chi connectivity index (χ1) is 11.6. The Hall–Kier alpha value is -2.88. The van der Waals surface area contributed by atoms with Crippen LogP contribution in [0.1, 0.15) is 32.9 Å². The van der Waals surface area contributed by atoms with Gasteiger partial charge < -0.3 is 9.32 Å². The van der Waals surface area contributed by atoms with Crippen LogP contribution in [-0.2, 0) is 13.1 Å². The van der Waals surface area contributed by atoms with Crippen LogP contribution in [0.2, 0.25) is 0 Å². The lowest BCUT2D eigenvalue weighted by atomic mass is 10.1. The van der Waals surface area contributed by atoms with Crippen LogP contribution in [0, 0.1) is 13.8 Å². The summed E-state index contributed by atoms with van der Waals surface area (Å²) in [6.07, 6.45) is 3.36. The second-order valence-corrected chi connectivity index (χ2v) is 5.94. The molecule has 4 heteroatoms. The van der Waals surface area contributed by atoms with E-state index in [1.807, 2.05) is 56.3 Å². The van der Waals surface area contributed by atoms with Crippen molar-refractivity contribution in [2.45, 2.75) is 26.9 Å². The molecular formula is C20H20N2O2. The van der Waals surface area contributed by atoms with E-state index in [0.717, 1.165) is 22.6 Å². The van der Waals surface area contributed by atoms with Crippen molar-refractivity contribution in [2.24, 2.45) is 0 Å². The molecular weight excluding hydrogens is 300 g/mol. The van der Waals surface area contributed by atoms with Crippen molar-refractivity contribution in [1.29, 1.82) is 0 Å². The van der Waals surface area contributed by atoms with Gasteiger partial charge >= 0.3 is 0 Å². The average Bonchev–Trinajstić information content (AvgIpc) is 3.07. The molecule has 0 saturated heterocycles. The number of aromatic nitrogens is 1. The number of carbonyl (C=O) groups is 1. The highest BCUT2D eigenvalue weighted by molar-refractivity contribution is 5.94. The Morgan fingerprint density at radius 1 is 1.04 bits per heavy atom. The number of benzene rings is 1. The van der Waals surface area contributed by atoms with Gasteiger partial charge in [0, 0.05) is 11.8 Å². The van der Waals surface area contributed by atoms with Gasteiger partial charge in [0.1, 0.15) is 5.76 Å². The number of hydrogen-bond donors (Lipinski definition) is 0. The van der Waals surface area contributed by atoms with Gasteiger partial charge in [0.05, 0.1) is 25.0 Å². The van der Waals surface area contributed by atoms with Crippen LogP contribution >= 0.6 is 0 Å². The number of pyridine rings is 1. The van der Waals surface area contributed by atoms with E-state index in [2.05, 4.69) is 11.1 Å². The maximum atomic E-state index is 13.0. The van der Waals surface area contributed by atoms with Crippen LogP contribution in [0.5, 0.6) is 0 Å². The van der Waals surface area contributed by atoms with Gasteiger partial charge in [-0.2, -0.15) is 0 Å². The highest BCUT2D eigenvalue weighted by atomic mass is 16.3. The SMILES string of the molecule is Cc1cc(C)cc(C(=O)N(Cc2ccccn2)Cc2ccco2)c1. The minimum absolute atomic E-state index is 0.0242. The number of aryl methyl sites for hydroxylation is 2. The molecule has 0 unspecified atom stereocenters. The first-order valence-electron chi connectivity index (χ1n) is 7.91. The van der Waals surface area contributed by atoms with Crippen molar-refractivity contribution in [3.63, 3.8) is 0 Å². The average molecular weight is 320 g/mol. The Morgan fingerprint density at radius 3 is 2.46 bits per heavy atom. The largest absolute Gasteiger partial charge is 0.467 e. The van der Waals surface area contributed by atoms with E-state index >= 15 is 0 Å². The number of nitrogens with zero attached hydrogens (tertiary/aromatic N) is 2. The van der Waals surface area contributed by atoms with Crippen molar-refractivity contribution in [1.82, 2.24) is 9.88 Å². The topological polar surface area (TPSA) is 46.3 Å². The van der Waals surface area contributed by atoms with E-state index in [9.17, 15) is 4.79 Å². The molecule has 0 radical (unpaired) electrons. The molecule has 0 saturated carbocycles. The van der Waals surface area contributed by atoms with E-state index in [0.29, 0.717) is 18.7 Å². The predicted octanol–water partition coefficient (Wildman–Crippen LogP) is 4.13. The van der Waals surface area contributed by atoms with Gasteiger partial charge in [0.2, 0.25) is 0 Å². The van der Waals surface area contributed by atoms with Crippen LogP contribution in [0.25, 0.3) is 0 Å². The maximum absolute atomic E-state index is 13.0. The number of rotatable bonds is 5. The maximum Gasteiger partial charge on any atom is 0.254 e. The van der Waals surface area contributed by atoms with E-state index in [-0.39, 0.29) is 5.91 Å². The van der Waals surface area contributed by atoms with Crippen LogP contribution in [0.4, 0.5) is 0 Å². The van der Waals surface area contributed by atoms with Gasteiger partial charge in [-0.15, -0.1) is 0 Å². The molecule has 0 aliphatic rings. The first kappa shape index (κ1) is 16.0. The normalized spacial score (nSPS) is 10.6. The van der Waals surface area contributed by atoms with Gasteiger partial charge in [-0.1, -0.05) is 23.3 Å². The summed E-state index contributed by atoms with van der Waals surface area (Å²) >= 11 is 0. The molecule has 122 valence electrons. The van der Waals surface area contributed by atoms with Crippen molar-refractivity contribution in [2.75, 3.05) is 0 Å². The molecule has 24 heavy (non-hydrogen) atoms. The molecule has 2 heterocycles. The molecule has 3 aromatic rings. The molecule has 0 atom stereocenters. The summed E-state index contributed by atoms with van der Waals surface area (Å²) in [7, 11) is 0. The number of hydrogen-bond acceptors (Lipinski definition) is 3. The van der Waals surface area contributed by atoms with Crippen molar-refractivity contribution in [3.8, 4) is 0 Å². The highest BCUT2D eigenvalue weighted by Crippen LogP contribution is 2.16. The smallest absolute Gasteiger partial charge is 0.254 e. The fourth-order valence-electron chi connectivity index (χ4n) is 2.76. The molecule has 0 bridgehead atoms. The molecule has 0 fully saturated rings. The lowest BCUT2D eigenvalue weighted by Crippen LogP contribution is -2.30. The monoisotopic (exact) mass is 320 g/mol. The molecule has 0 N–H and O–H groups in total. The van der Waals surface area contributed by atoms with Gasteiger partial charge in [-0.3, -0.25) is 9.78 Å². The van der Waals surface area contributed by atoms with Gasteiger partial charge in [0.25, 0.3) is 5.91 Å². The van der Waals surface area contributed by atoms with E-state index in [4.69, 9.17) is 4.42 Å². The van der Waals surface area contributed by atoms with Crippen molar-refractivity contribution >= 4 is 5.91 Å². The minimum atomic E-state index is -0.0242. The molecule has 1 aromatic carbocycles.